The minimum Gasteiger partial charge on any atom is -0.396 e. The Kier molecular flexibility index (Phi) is 6.24. The Morgan fingerprint density at radius 3 is 2.73 bits per heavy atom. The van der Waals surface area contributed by atoms with Gasteiger partial charge >= 0.3 is 6.03 Å². The summed E-state index contributed by atoms with van der Waals surface area (Å²) >= 11 is 0. The molecular weight excluding hydrogens is 280 g/mol. The summed E-state index contributed by atoms with van der Waals surface area (Å²) in [5, 5.41) is 19.3. The molecule has 124 valence electrons. The molecule has 6 heteroatoms. The van der Waals surface area contributed by atoms with E-state index in [1.807, 2.05) is 24.7 Å². The number of amides is 2. The summed E-state index contributed by atoms with van der Waals surface area (Å²) in [4.78, 5) is 12.2. The first-order valence-electron chi connectivity index (χ1n) is 8.32. The largest absolute Gasteiger partial charge is 0.396 e. The van der Waals surface area contributed by atoms with Crippen LogP contribution in [0.1, 0.15) is 58.4 Å². The highest BCUT2D eigenvalue weighted by Gasteiger charge is 2.24. The lowest BCUT2D eigenvalue weighted by Gasteiger charge is -2.30. The van der Waals surface area contributed by atoms with Gasteiger partial charge in [-0.25, -0.2) is 4.79 Å². The number of hydrogen-bond acceptors (Lipinski definition) is 3. The van der Waals surface area contributed by atoms with Crippen molar-refractivity contribution in [3.63, 3.8) is 0 Å². The summed E-state index contributed by atoms with van der Waals surface area (Å²) in [6, 6.07) is 0.0979. The second-order valence-corrected chi connectivity index (χ2v) is 6.42. The van der Waals surface area contributed by atoms with E-state index in [1.54, 1.807) is 6.20 Å². The second kappa shape index (κ2) is 8.17. The molecule has 1 saturated carbocycles. The fourth-order valence-electron chi connectivity index (χ4n) is 3.12. The number of aliphatic hydroxyl groups excluding tert-OH is 1. The first-order valence-corrected chi connectivity index (χ1v) is 8.32. The Balaban J connectivity index is 1.89. The lowest BCUT2D eigenvalue weighted by molar-refractivity contribution is 0.202. The van der Waals surface area contributed by atoms with Crippen molar-refractivity contribution >= 4 is 11.7 Å². The van der Waals surface area contributed by atoms with Crippen LogP contribution in [0.2, 0.25) is 0 Å². The predicted octanol–water partition coefficient (Wildman–Crippen LogP) is 2.92. The molecule has 1 aromatic rings. The van der Waals surface area contributed by atoms with Gasteiger partial charge in [-0.1, -0.05) is 19.3 Å². The van der Waals surface area contributed by atoms with Crippen LogP contribution in [-0.4, -0.2) is 33.6 Å². The number of carbonyl (C=O) groups excluding carboxylic acids is 1. The van der Waals surface area contributed by atoms with Gasteiger partial charge in [0.15, 0.2) is 0 Å². The van der Waals surface area contributed by atoms with Crippen LogP contribution >= 0.6 is 0 Å². The number of aliphatic hydroxyl groups is 1. The van der Waals surface area contributed by atoms with E-state index in [0.29, 0.717) is 18.0 Å². The molecule has 0 saturated heterocycles. The zero-order chi connectivity index (χ0) is 15.9. The molecule has 1 aliphatic carbocycles. The zero-order valence-corrected chi connectivity index (χ0v) is 13.6. The van der Waals surface area contributed by atoms with Crippen LogP contribution in [0.25, 0.3) is 0 Å². The Hall–Kier alpha value is -1.56. The first kappa shape index (κ1) is 16.8. The molecular formula is C16H28N4O2. The molecule has 1 atom stereocenters. The molecule has 0 radical (unpaired) electrons. The van der Waals surface area contributed by atoms with Gasteiger partial charge in [0.25, 0.3) is 0 Å². The molecule has 0 spiro atoms. The van der Waals surface area contributed by atoms with Crippen molar-refractivity contribution in [2.24, 2.45) is 5.92 Å². The van der Waals surface area contributed by atoms with Crippen LogP contribution < -0.4 is 10.6 Å². The molecule has 2 amide bonds. The molecule has 6 nitrogen and oxygen atoms in total. The van der Waals surface area contributed by atoms with Crippen LogP contribution in [-0.2, 0) is 0 Å². The molecule has 1 unspecified atom stereocenters. The Labute approximate surface area is 132 Å². The standard InChI is InChI=1S/C16H28N4O2/c1-12(2)20-11-14(10-17-20)18-16(22)19-15(8-9-21)13-6-4-3-5-7-13/h10-13,15,21H,3-9H2,1-2H3,(H2,18,19,22). The van der Waals surface area contributed by atoms with Crippen LogP contribution in [0.4, 0.5) is 10.5 Å². The maximum absolute atomic E-state index is 12.2. The summed E-state index contributed by atoms with van der Waals surface area (Å²) in [5.74, 6) is 0.477. The SMILES string of the molecule is CC(C)n1cc(NC(=O)NC(CCO)C2CCCCC2)cn1. The van der Waals surface area contributed by atoms with Gasteiger partial charge in [0, 0.05) is 24.9 Å². The fourth-order valence-corrected chi connectivity index (χ4v) is 3.12. The van der Waals surface area contributed by atoms with E-state index >= 15 is 0 Å². The average Bonchev–Trinajstić information content (AvgIpc) is 2.96. The summed E-state index contributed by atoms with van der Waals surface area (Å²) in [5.41, 5.74) is 0.692. The maximum Gasteiger partial charge on any atom is 0.319 e. The summed E-state index contributed by atoms with van der Waals surface area (Å²) < 4.78 is 1.81. The molecule has 0 bridgehead atoms. The number of carbonyl (C=O) groups is 1. The predicted molar refractivity (Wildman–Crippen MR) is 86.8 cm³/mol. The van der Waals surface area contributed by atoms with Crippen molar-refractivity contribution in [2.45, 2.75) is 64.5 Å². The number of aromatic nitrogens is 2. The van der Waals surface area contributed by atoms with Gasteiger partial charge < -0.3 is 15.7 Å². The average molecular weight is 308 g/mol. The fraction of sp³-hybridized carbons (Fsp3) is 0.750. The van der Waals surface area contributed by atoms with Crippen molar-refractivity contribution in [1.29, 1.82) is 0 Å². The van der Waals surface area contributed by atoms with Gasteiger partial charge in [0.2, 0.25) is 0 Å². The minimum absolute atomic E-state index is 0.0467. The van der Waals surface area contributed by atoms with Gasteiger partial charge in [0.05, 0.1) is 11.9 Å². The topological polar surface area (TPSA) is 79.2 Å². The molecule has 1 aromatic heterocycles. The van der Waals surface area contributed by atoms with Crippen molar-refractivity contribution in [3.05, 3.63) is 12.4 Å². The summed E-state index contributed by atoms with van der Waals surface area (Å²) in [6.07, 6.45) is 10.1. The van der Waals surface area contributed by atoms with Crippen molar-refractivity contribution in [2.75, 3.05) is 11.9 Å². The number of hydrogen-bond donors (Lipinski definition) is 3. The van der Waals surface area contributed by atoms with Gasteiger partial charge in [0.1, 0.15) is 0 Å². The van der Waals surface area contributed by atoms with Crippen molar-refractivity contribution in [3.8, 4) is 0 Å². The van der Waals surface area contributed by atoms with Crippen LogP contribution in [0.3, 0.4) is 0 Å². The summed E-state index contributed by atoms with van der Waals surface area (Å²) in [6.45, 7) is 4.18. The Bertz CT molecular complexity index is 466. The number of rotatable bonds is 6. The Morgan fingerprint density at radius 2 is 2.14 bits per heavy atom. The third kappa shape index (κ3) is 4.73. The lowest BCUT2D eigenvalue weighted by Crippen LogP contribution is -2.43. The molecule has 1 heterocycles. The van der Waals surface area contributed by atoms with Gasteiger partial charge in [-0.05, 0) is 39.0 Å². The summed E-state index contributed by atoms with van der Waals surface area (Å²) in [7, 11) is 0. The highest BCUT2D eigenvalue weighted by molar-refractivity contribution is 5.89. The van der Waals surface area contributed by atoms with E-state index in [2.05, 4.69) is 15.7 Å². The van der Waals surface area contributed by atoms with Crippen LogP contribution in [0, 0.1) is 5.92 Å². The quantitative estimate of drug-likeness (QED) is 0.756. The van der Waals surface area contributed by atoms with Gasteiger partial charge in [-0.3, -0.25) is 4.68 Å². The van der Waals surface area contributed by atoms with E-state index in [0.717, 1.165) is 12.8 Å². The van der Waals surface area contributed by atoms with E-state index in [-0.39, 0.29) is 24.7 Å². The van der Waals surface area contributed by atoms with Gasteiger partial charge in [-0.2, -0.15) is 5.10 Å². The smallest absolute Gasteiger partial charge is 0.319 e. The highest BCUT2D eigenvalue weighted by atomic mass is 16.3. The third-order valence-electron chi connectivity index (χ3n) is 4.36. The van der Waals surface area contributed by atoms with E-state index in [1.165, 1.54) is 19.3 Å². The maximum atomic E-state index is 12.2. The molecule has 0 aliphatic heterocycles. The Morgan fingerprint density at radius 1 is 1.41 bits per heavy atom. The molecule has 22 heavy (non-hydrogen) atoms. The minimum atomic E-state index is -0.215. The third-order valence-corrected chi connectivity index (χ3v) is 4.36. The number of nitrogens with zero attached hydrogens (tertiary/aromatic N) is 2. The monoisotopic (exact) mass is 308 g/mol. The number of nitrogens with one attached hydrogen (secondary N) is 2. The van der Waals surface area contributed by atoms with Gasteiger partial charge in [-0.15, -0.1) is 0 Å². The van der Waals surface area contributed by atoms with E-state index in [9.17, 15) is 9.90 Å². The first-order chi connectivity index (χ1) is 10.6. The van der Waals surface area contributed by atoms with Crippen LogP contribution in [0.15, 0.2) is 12.4 Å². The number of urea groups is 1. The molecule has 1 fully saturated rings. The zero-order valence-electron chi connectivity index (χ0n) is 13.6. The van der Waals surface area contributed by atoms with Crippen molar-refractivity contribution in [1.82, 2.24) is 15.1 Å². The van der Waals surface area contributed by atoms with Crippen LogP contribution in [0.5, 0.6) is 0 Å². The lowest BCUT2D eigenvalue weighted by atomic mass is 9.83. The van der Waals surface area contributed by atoms with E-state index < -0.39 is 0 Å². The second-order valence-electron chi connectivity index (χ2n) is 6.42. The molecule has 0 aromatic carbocycles. The van der Waals surface area contributed by atoms with Crippen molar-refractivity contribution < 1.29 is 9.90 Å². The van der Waals surface area contributed by atoms with E-state index in [4.69, 9.17) is 0 Å². The highest BCUT2D eigenvalue weighted by Crippen LogP contribution is 2.27. The normalized spacial score (nSPS) is 17.5. The molecule has 1 aliphatic rings. The molecule has 3 N–H and O–H groups in total. The number of anilines is 1. The molecule has 2 rings (SSSR count).